The van der Waals surface area contributed by atoms with Gasteiger partial charge in [0.25, 0.3) is 0 Å². The highest BCUT2D eigenvalue weighted by atomic mass is 16.5. The predicted octanol–water partition coefficient (Wildman–Crippen LogP) is 8.68. The van der Waals surface area contributed by atoms with Crippen LogP contribution >= 0.6 is 0 Å². The molecule has 0 amide bonds. The standard InChI is InChI=1S/C32H54O2/c1-21(20-34-22(2)33)23-12-17-29(5)24(23)13-18-31(7)26(29)10-11-27-30(6)16-9-15-28(3,4)25(30)14-19-32(27,31)8/h21,23-27H,9-20H2,1-8H3/t21-,23-,24-,25+,26+,27-,29+,30+,31-,32-/m1/s1. The van der Waals surface area contributed by atoms with Crippen LogP contribution in [0.4, 0.5) is 0 Å². The van der Waals surface area contributed by atoms with E-state index in [1.165, 1.54) is 70.6 Å². The van der Waals surface area contributed by atoms with E-state index in [2.05, 4.69) is 48.5 Å². The number of hydrogen-bond acceptors (Lipinski definition) is 2. The van der Waals surface area contributed by atoms with E-state index in [1.54, 1.807) is 6.92 Å². The Bertz CT molecular complexity index is 816. The van der Waals surface area contributed by atoms with Crippen molar-refractivity contribution in [1.29, 1.82) is 0 Å². The second kappa shape index (κ2) is 7.98. The van der Waals surface area contributed by atoms with Crippen molar-refractivity contribution in [1.82, 2.24) is 0 Å². The Hall–Kier alpha value is -0.530. The molecule has 10 atom stereocenters. The minimum Gasteiger partial charge on any atom is -0.466 e. The monoisotopic (exact) mass is 470 g/mol. The fourth-order valence-electron chi connectivity index (χ4n) is 12.4. The zero-order valence-electron chi connectivity index (χ0n) is 23.8. The lowest BCUT2D eigenvalue weighted by molar-refractivity contribution is -0.241. The maximum Gasteiger partial charge on any atom is 0.302 e. The summed E-state index contributed by atoms with van der Waals surface area (Å²) in [5, 5.41) is 0. The van der Waals surface area contributed by atoms with Gasteiger partial charge in [0.2, 0.25) is 0 Å². The van der Waals surface area contributed by atoms with Gasteiger partial charge in [-0.25, -0.2) is 0 Å². The molecule has 0 aromatic carbocycles. The molecule has 0 N–H and O–H groups in total. The van der Waals surface area contributed by atoms with E-state index in [0.717, 1.165) is 29.6 Å². The van der Waals surface area contributed by atoms with Crippen LogP contribution in [-0.4, -0.2) is 12.6 Å². The summed E-state index contributed by atoms with van der Waals surface area (Å²) < 4.78 is 5.48. The molecule has 0 heterocycles. The Morgan fingerprint density at radius 2 is 1.38 bits per heavy atom. The van der Waals surface area contributed by atoms with Crippen LogP contribution in [-0.2, 0) is 9.53 Å². The fourth-order valence-corrected chi connectivity index (χ4v) is 12.4. The Balaban J connectivity index is 1.43. The molecule has 0 spiro atoms. The largest absolute Gasteiger partial charge is 0.466 e. The van der Waals surface area contributed by atoms with Crippen molar-refractivity contribution in [2.75, 3.05) is 6.61 Å². The number of carbonyl (C=O) groups is 1. The lowest BCUT2D eigenvalue weighted by atomic mass is 9.32. The maximum atomic E-state index is 11.5. The zero-order chi connectivity index (χ0) is 24.7. The van der Waals surface area contributed by atoms with E-state index < -0.39 is 0 Å². The summed E-state index contributed by atoms with van der Waals surface area (Å²) >= 11 is 0. The molecule has 0 bridgehead atoms. The van der Waals surface area contributed by atoms with E-state index in [1.807, 2.05) is 0 Å². The zero-order valence-corrected chi connectivity index (χ0v) is 23.8. The van der Waals surface area contributed by atoms with E-state index in [-0.39, 0.29) is 5.97 Å². The molecule has 0 unspecified atom stereocenters. The van der Waals surface area contributed by atoms with Crippen LogP contribution in [0.2, 0.25) is 0 Å². The SMILES string of the molecule is CC(=O)OC[C@@H](C)[C@H]1CC[C@@]2(C)[C@@H]1CC[C@]1(C)[C@H]2CC[C@@H]2[C@@]3(C)CCCC(C)(C)[C@@H]3CC[C@]21C. The molecule has 0 aromatic heterocycles. The van der Waals surface area contributed by atoms with Crippen molar-refractivity contribution in [3.8, 4) is 0 Å². The highest BCUT2D eigenvalue weighted by Crippen LogP contribution is 2.78. The first-order valence-electron chi connectivity index (χ1n) is 14.9. The van der Waals surface area contributed by atoms with E-state index in [0.29, 0.717) is 39.6 Å². The maximum absolute atomic E-state index is 11.5. The lowest BCUT2D eigenvalue weighted by Gasteiger charge is -2.73. The van der Waals surface area contributed by atoms with Gasteiger partial charge in [0.05, 0.1) is 6.61 Å². The normalized spacial score (nSPS) is 52.5. The molecule has 0 aliphatic heterocycles. The Kier molecular flexibility index (Phi) is 5.90. The summed E-state index contributed by atoms with van der Waals surface area (Å²) in [6.45, 7) is 20.7. The van der Waals surface area contributed by atoms with Crippen LogP contribution in [0.1, 0.15) is 126 Å². The summed E-state index contributed by atoms with van der Waals surface area (Å²) in [7, 11) is 0. The van der Waals surface area contributed by atoms with Gasteiger partial charge in [0.1, 0.15) is 0 Å². The van der Waals surface area contributed by atoms with Gasteiger partial charge < -0.3 is 4.74 Å². The van der Waals surface area contributed by atoms with Gasteiger partial charge in [0.15, 0.2) is 0 Å². The summed E-state index contributed by atoms with van der Waals surface area (Å²) in [5.41, 5.74) is 2.50. The van der Waals surface area contributed by atoms with Crippen molar-refractivity contribution in [3.63, 3.8) is 0 Å². The molecule has 0 aromatic rings. The Labute approximate surface area is 210 Å². The average Bonchev–Trinajstić information content (AvgIpc) is 3.09. The second-order valence-corrected chi connectivity index (χ2v) is 15.6. The third-order valence-corrected chi connectivity index (χ3v) is 14.0. The molecule has 0 saturated heterocycles. The molecular weight excluding hydrogens is 416 g/mol. The smallest absolute Gasteiger partial charge is 0.302 e. The second-order valence-electron chi connectivity index (χ2n) is 15.6. The highest BCUT2D eigenvalue weighted by molar-refractivity contribution is 5.65. The van der Waals surface area contributed by atoms with E-state index in [9.17, 15) is 4.79 Å². The van der Waals surface area contributed by atoms with Gasteiger partial charge in [-0.05, 0) is 127 Å². The van der Waals surface area contributed by atoms with Crippen LogP contribution in [0, 0.1) is 62.6 Å². The van der Waals surface area contributed by atoms with Gasteiger partial charge in [-0.15, -0.1) is 0 Å². The van der Waals surface area contributed by atoms with Gasteiger partial charge in [-0.3, -0.25) is 4.79 Å². The Morgan fingerprint density at radius 1 is 0.765 bits per heavy atom. The quantitative estimate of drug-likeness (QED) is 0.386. The third-order valence-electron chi connectivity index (χ3n) is 14.0. The van der Waals surface area contributed by atoms with Gasteiger partial charge in [0, 0.05) is 6.92 Å². The average molecular weight is 471 g/mol. The van der Waals surface area contributed by atoms with Crippen molar-refractivity contribution < 1.29 is 9.53 Å². The highest BCUT2D eigenvalue weighted by Gasteiger charge is 2.70. The van der Waals surface area contributed by atoms with Gasteiger partial charge in [-0.1, -0.05) is 54.9 Å². The molecule has 5 fully saturated rings. The summed E-state index contributed by atoms with van der Waals surface area (Å²) in [6.07, 6.45) is 15.7. The minimum absolute atomic E-state index is 0.120. The summed E-state index contributed by atoms with van der Waals surface area (Å²) in [6, 6.07) is 0. The number of hydrogen-bond donors (Lipinski definition) is 0. The molecule has 2 heteroatoms. The van der Waals surface area contributed by atoms with Crippen LogP contribution < -0.4 is 0 Å². The van der Waals surface area contributed by atoms with Crippen molar-refractivity contribution in [2.24, 2.45) is 62.6 Å². The number of ether oxygens (including phenoxy) is 1. The molecule has 5 saturated carbocycles. The first-order chi connectivity index (χ1) is 15.8. The molecule has 5 rings (SSSR count). The van der Waals surface area contributed by atoms with E-state index in [4.69, 9.17) is 4.74 Å². The molecule has 0 radical (unpaired) electrons. The first-order valence-corrected chi connectivity index (χ1v) is 14.9. The Morgan fingerprint density at radius 3 is 2.03 bits per heavy atom. The van der Waals surface area contributed by atoms with Crippen molar-refractivity contribution in [3.05, 3.63) is 0 Å². The van der Waals surface area contributed by atoms with Crippen LogP contribution in [0.25, 0.3) is 0 Å². The van der Waals surface area contributed by atoms with Crippen molar-refractivity contribution >= 4 is 5.97 Å². The van der Waals surface area contributed by atoms with Crippen LogP contribution in [0.15, 0.2) is 0 Å². The molecule has 5 aliphatic carbocycles. The van der Waals surface area contributed by atoms with Crippen molar-refractivity contribution in [2.45, 2.75) is 126 Å². The van der Waals surface area contributed by atoms with E-state index >= 15 is 0 Å². The molecule has 194 valence electrons. The topological polar surface area (TPSA) is 26.3 Å². The summed E-state index contributed by atoms with van der Waals surface area (Å²) in [4.78, 5) is 11.5. The third kappa shape index (κ3) is 3.27. The lowest BCUT2D eigenvalue weighted by Crippen LogP contribution is -2.65. The van der Waals surface area contributed by atoms with Crippen LogP contribution in [0.5, 0.6) is 0 Å². The van der Waals surface area contributed by atoms with Gasteiger partial charge in [-0.2, -0.15) is 0 Å². The number of esters is 1. The first kappa shape index (κ1) is 25.1. The number of fused-ring (bicyclic) bond motifs is 7. The molecule has 34 heavy (non-hydrogen) atoms. The van der Waals surface area contributed by atoms with Crippen LogP contribution in [0.3, 0.4) is 0 Å². The van der Waals surface area contributed by atoms with Gasteiger partial charge >= 0.3 is 5.97 Å². The predicted molar refractivity (Wildman–Crippen MR) is 140 cm³/mol. The molecule has 5 aliphatic rings. The number of rotatable bonds is 3. The number of carbonyl (C=O) groups excluding carboxylic acids is 1. The minimum atomic E-state index is -0.120. The fraction of sp³-hybridized carbons (Fsp3) is 0.969. The summed E-state index contributed by atoms with van der Waals surface area (Å²) in [5.74, 6) is 4.60. The molecular formula is C32H54O2. The molecule has 2 nitrogen and oxygen atoms in total.